The Kier molecular flexibility index (Phi) is 4.52. The topological polar surface area (TPSA) is 95.7 Å². The maximum absolute atomic E-state index is 12.0. The molecular weight excluding hydrogens is 250 g/mol. The van der Waals surface area contributed by atoms with Gasteiger partial charge in [0, 0.05) is 11.6 Å². The number of urea groups is 1. The lowest BCUT2D eigenvalue weighted by atomic mass is 10.1. The van der Waals surface area contributed by atoms with E-state index >= 15 is 0 Å². The highest BCUT2D eigenvalue weighted by atomic mass is 16.5. The molecule has 0 atom stereocenters. The molecule has 0 saturated carbocycles. The van der Waals surface area contributed by atoms with Crippen molar-refractivity contribution < 1.29 is 19.2 Å². The summed E-state index contributed by atoms with van der Waals surface area (Å²) in [6.45, 7) is 6.92. The monoisotopic (exact) mass is 269 g/mol. The molecular formula is C12H19N3O4. The third kappa shape index (κ3) is 4.61. The minimum atomic E-state index is -1.05. The van der Waals surface area contributed by atoms with Crippen LogP contribution in [0.3, 0.4) is 0 Å². The maximum atomic E-state index is 12.0. The van der Waals surface area contributed by atoms with Crippen LogP contribution in [-0.4, -0.2) is 39.2 Å². The summed E-state index contributed by atoms with van der Waals surface area (Å²) in [6.07, 6.45) is 0. The van der Waals surface area contributed by atoms with Crippen LogP contribution in [0.25, 0.3) is 0 Å². The predicted octanol–water partition coefficient (Wildman–Crippen LogP) is 1.38. The van der Waals surface area contributed by atoms with Crippen LogP contribution in [-0.2, 0) is 11.3 Å². The zero-order valence-electron chi connectivity index (χ0n) is 11.6. The first-order valence-electron chi connectivity index (χ1n) is 5.89. The van der Waals surface area contributed by atoms with Gasteiger partial charge in [0.25, 0.3) is 0 Å². The Labute approximate surface area is 111 Å². The summed E-state index contributed by atoms with van der Waals surface area (Å²) < 4.78 is 4.88. The summed E-state index contributed by atoms with van der Waals surface area (Å²) >= 11 is 0. The van der Waals surface area contributed by atoms with Crippen LogP contribution < -0.4 is 5.32 Å². The smallest absolute Gasteiger partial charge is 0.323 e. The Balaban J connectivity index is 2.64. The number of rotatable bonds is 4. The summed E-state index contributed by atoms with van der Waals surface area (Å²) in [5.74, 6) is -0.398. The molecule has 1 aromatic rings. The van der Waals surface area contributed by atoms with E-state index in [9.17, 15) is 9.59 Å². The van der Waals surface area contributed by atoms with Crippen molar-refractivity contribution >= 4 is 12.0 Å². The lowest BCUT2D eigenvalue weighted by Gasteiger charge is -2.34. The minimum Gasteiger partial charge on any atom is -0.480 e. The molecule has 7 nitrogen and oxygen atoms in total. The lowest BCUT2D eigenvalue weighted by molar-refractivity contribution is -0.138. The number of nitrogens with zero attached hydrogens (tertiary/aromatic N) is 2. The van der Waals surface area contributed by atoms with E-state index < -0.39 is 17.5 Å². The third-order valence-corrected chi connectivity index (χ3v) is 2.45. The second kappa shape index (κ2) is 5.73. The first-order valence-corrected chi connectivity index (χ1v) is 5.89. The van der Waals surface area contributed by atoms with E-state index in [-0.39, 0.29) is 13.1 Å². The van der Waals surface area contributed by atoms with Crippen molar-refractivity contribution in [2.75, 3.05) is 6.54 Å². The summed E-state index contributed by atoms with van der Waals surface area (Å²) in [5.41, 5.74) is 0.0115. The first kappa shape index (κ1) is 15.0. The molecule has 0 bridgehead atoms. The van der Waals surface area contributed by atoms with Gasteiger partial charge in [-0.25, -0.2) is 4.79 Å². The van der Waals surface area contributed by atoms with Crippen LogP contribution in [0.2, 0.25) is 0 Å². The van der Waals surface area contributed by atoms with E-state index in [1.807, 2.05) is 0 Å². The molecule has 0 aliphatic heterocycles. The Hall–Kier alpha value is -2.05. The molecule has 0 fully saturated rings. The van der Waals surface area contributed by atoms with Crippen molar-refractivity contribution in [1.82, 2.24) is 15.4 Å². The molecule has 0 spiro atoms. The van der Waals surface area contributed by atoms with Gasteiger partial charge >= 0.3 is 12.0 Å². The van der Waals surface area contributed by atoms with Gasteiger partial charge in [0.15, 0.2) is 0 Å². The summed E-state index contributed by atoms with van der Waals surface area (Å²) in [5, 5.41) is 15.2. The molecule has 1 rings (SSSR count). The van der Waals surface area contributed by atoms with E-state index in [2.05, 4.69) is 10.5 Å². The van der Waals surface area contributed by atoms with Crippen LogP contribution in [0.15, 0.2) is 10.6 Å². The summed E-state index contributed by atoms with van der Waals surface area (Å²) in [6, 6.07) is 1.26. The second-order valence-electron chi connectivity index (χ2n) is 5.24. The van der Waals surface area contributed by atoms with Gasteiger partial charge < -0.3 is 19.8 Å². The van der Waals surface area contributed by atoms with Gasteiger partial charge in [0.2, 0.25) is 0 Å². The molecule has 2 amide bonds. The molecule has 0 unspecified atom stereocenters. The Morgan fingerprint density at radius 2 is 2.11 bits per heavy atom. The molecule has 1 aromatic heterocycles. The fourth-order valence-electron chi connectivity index (χ4n) is 1.51. The van der Waals surface area contributed by atoms with Crippen LogP contribution in [0.4, 0.5) is 4.79 Å². The van der Waals surface area contributed by atoms with Crippen molar-refractivity contribution in [3.63, 3.8) is 0 Å². The van der Waals surface area contributed by atoms with Gasteiger partial charge in [-0.1, -0.05) is 5.16 Å². The Morgan fingerprint density at radius 3 is 2.53 bits per heavy atom. The van der Waals surface area contributed by atoms with Crippen molar-refractivity contribution in [3.05, 3.63) is 17.5 Å². The largest absolute Gasteiger partial charge is 0.480 e. The van der Waals surface area contributed by atoms with E-state index in [1.54, 1.807) is 33.8 Å². The van der Waals surface area contributed by atoms with Crippen molar-refractivity contribution in [1.29, 1.82) is 0 Å². The third-order valence-electron chi connectivity index (χ3n) is 2.45. The normalized spacial score (nSPS) is 11.2. The number of amides is 2. The number of carbonyl (C=O) groups is 2. The molecule has 0 aliphatic rings. The molecule has 1 heterocycles. The maximum Gasteiger partial charge on any atom is 0.323 e. The first-order chi connectivity index (χ1) is 8.70. The zero-order chi connectivity index (χ0) is 14.6. The summed E-state index contributed by atoms with van der Waals surface area (Å²) in [4.78, 5) is 24.0. The van der Waals surface area contributed by atoms with Crippen LogP contribution >= 0.6 is 0 Å². The Morgan fingerprint density at radius 1 is 1.47 bits per heavy atom. The standard InChI is InChI=1S/C12H19N3O4/c1-8-5-9(14-19-8)6-13-11(18)15(7-10(16)17)12(2,3)4/h5H,6-7H2,1-4H3,(H,13,18)(H,16,17). The molecule has 0 aromatic carbocycles. The van der Waals surface area contributed by atoms with E-state index in [0.717, 1.165) is 0 Å². The van der Waals surface area contributed by atoms with Crippen molar-refractivity contribution in [2.45, 2.75) is 39.8 Å². The van der Waals surface area contributed by atoms with Gasteiger partial charge in [-0.3, -0.25) is 4.79 Å². The fourth-order valence-corrected chi connectivity index (χ4v) is 1.51. The number of aryl methyl sites for hydroxylation is 1. The second-order valence-corrected chi connectivity index (χ2v) is 5.24. The van der Waals surface area contributed by atoms with Gasteiger partial charge in [-0.2, -0.15) is 0 Å². The number of carboxylic acid groups (broad SMARTS) is 1. The molecule has 0 radical (unpaired) electrons. The lowest BCUT2D eigenvalue weighted by Crippen LogP contribution is -2.52. The quantitative estimate of drug-likeness (QED) is 0.860. The molecule has 19 heavy (non-hydrogen) atoms. The average molecular weight is 269 g/mol. The van der Waals surface area contributed by atoms with Crippen molar-refractivity contribution in [2.24, 2.45) is 0 Å². The van der Waals surface area contributed by atoms with E-state index in [1.165, 1.54) is 4.90 Å². The minimum absolute atomic E-state index is 0.197. The highest BCUT2D eigenvalue weighted by Gasteiger charge is 2.28. The highest BCUT2D eigenvalue weighted by molar-refractivity contribution is 5.80. The SMILES string of the molecule is Cc1cc(CNC(=O)N(CC(=O)O)C(C)(C)C)no1. The number of hydrogen-bond donors (Lipinski definition) is 2. The number of carbonyl (C=O) groups excluding carboxylic acids is 1. The van der Waals surface area contributed by atoms with E-state index in [4.69, 9.17) is 9.63 Å². The van der Waals surface area contributed by atoms with Gasteiger partial charge in [0.05, 0.1) is 6.54 Å². The molecule has 0 aliphatic carbocycles. The van der Waals surface area contributed by atoms with Gasteiger partial charge in [-0.05, 0) is 27.7 Å². The summed E-state index contributed by atoms with van der Waals surface area (Å²) in [7, 11) is 0. The number of hydrogen-bond acceptors (Lipinski definition) is 4. The number of nitrogens with one attached hydrogen (secondary N) is 1. The van der Waals surface area contributed by atoms with Crippen LogP contribution in [0.5, 0.6) is 0 Å². The number of carboxylic acids is 1. The van der Waals surface area contributed by atoms with Gasteiger partial charge in [0.1, 0.15) is 18.0 Å². The average Bonchev–Trinajstić information content (AvgIpc) is 2.67. The molecule has 106 valence electrons. The molecule has 7 heteroatoms. The van der Waals surface area contributed by atoms with E-state index in [0.29, 0.717) is 11.5 Å². The Bertz CT molecular complexity index is 462. The van der Waals surface area contributed by atoms with Crippen molar-refractivity contribution in [3.8, 4) is 0 Å². The molecule has 0 saturated heterocycles. The number of aromatic nitrogens is 1. The zero-order valence-corrected chi connectivity index (χ0v) is 11.6. The van der Waals surface area contributed by atoms with Crippen LogP contribution in [0.1, 0.15) is 32.2 Å². The van der Waals surface area contributed by atoms with Gasteiger partial charge in [-0.15, -0.1) is 0 Å². The fraction of sp³-hybridized carbons (Fsp3) is 0.583. The molecule has 2 N–H and O–H groups in total. The number of aliphatic carboxylic acids is 1. The highest BCUT2D eigenvalue weighted by Crippen LogP contribution is 2.13. The van der Waals surface area contributed by atoms with Crippen LogP contribution in [0, 0.1) is 6.92 Å². The predicted molar refractivity (Wildman–Crippen MR) is 67.6 cm³/mol.